The summed E-state index contributed by atoms with van der Waals surface area (Å²) < 4.78 is 0. The number of carboxylic acid groups (broad SMARTS) is 1. The van der Waals surface area contributed by atoms with E-state index in [1.165, 1.54) is 36.0 Å². The summed E-state index contributed by atoms with van der Waals surface area (Å²) in [7, 11) is 0. The zero-order chi connectivity index (χ0) is 14.3. The van der Waals surface area contributed by atoms with Crippen LogP contribution in [0.25, 0.3) is 0 Å². The Morgan fingerprint density at radius 2 is 1.95 bits per heavy atom. The summed E-state index contributed by atoms with van der Waals surface area (Å²) >= 11 is 1.20. The standard InChI is InChI=1S/C11H12N2O5S/c14-10(15)7-19-6-5-12-11(16)8-1-3-9(4-2-8)13(17)18/h1-4H,5-7H2,(H,12,16)(H,14,15). The van der Waals surface area contributed by atoms with Gasteiger partial charge in [0.15, 0.2) is 0 Å². The number of carboxylic acids is 1. The summed E-state index contributed by atoms with van der Waals surface area (Å²) in [6.07, 6.45) is 0. The number of aliphatic carboxylic acids is 1. The minimum absolute atomic E-state index is 0.00655. The van der Waals surface area contributed by atoms with E-state index >= 15 is 0 Å². The van der Waals surface area contributed by atoms with Crippen molar-refractivity contribution in [1.82, 2.24) is 5.32 Å². The topological polar surface area (TPSA) is 110 Å². The highest BCUT2D eigenvalue weighted by molar-refractivity contribution is 7.99. The Hall–Kier alpha value is -2.09. The van der Waals surface area contributed by atoms with Gasteiger partial charge in [0.05, 0.1) is 10.7 Å². The van der Waals surface area contributed by atoms with Gasteiger partial charge in [0, 0.05) is 30.0 Å². The number of hydrogen-bond donors (Lipinski definition) is 2. The lowest BCUT2D eigenvalue weighted by Crippen LogP contribution is -2.25. The lowest BCUT2D eigenvalue weighted by molar-refractivity contribution is -0.384. The predicted octanol–water partition coefficient (Wildman–Crippen LogP) is 1.14. The number of thioether (sulfide) groups is 1. The summed E-state index contributed by atoms with van der Waals surface area (Å²) in [5, 5.41) is 21.4. The lowest BCUT2D eigenvalue weighted by Gasteiger charge is -2.04. The maximum Gasteiger partial charge on any atom is 0.313 e. The van der Waals surface area contributed by atoms with Gasteiger partial charge in [-0.25, -0.2) is 0 Å². The van der Waals surface area contributed by atoms with Gasteiger partial charge >= 0.3 is 5.97 Å². The number of nitro groups is 1. The van der Waals surface area contributed by atoms with Crippen LogP contribution in [0.5, 0.6) is 0 Å². The molecule has 7 nitrogen and oxygen atoms in total. The number of carbonyl (C=O) groups excluding carboxylic acids is 1. The molecule has 0 bridgehead atoms. The van der Waals surface area contributed by atoms with Gasteiger partial charge in [-0.1, -0.05) is 0 Å². The van der Waals surface area contributed by atoms with Crippen molar-refractivity contribution in [2.45, 2.75) is 0 Å². The van der Waals surface area contributed by atoms with Crippen molar-refractivity contribution in [2.24, 2.45) is 0 Å². The molecule has 0 saturated heterocycles. The van der Waals surface area contributed by atoms with Crippen LogP contribution in [-0.2, 0) is 4.79 Å². The van der Waals surface area contributed by atoms with Crippen LogP contribution in [0.4, 0.5) is 5.69 Å². The monoisotopic (exact) mass is 284 g/mol. The van der Waals surface area contributed by atoms with E-state index < -0.39 is 10.9 Å². The molecule has 1 rings (SSSR count). The van der Waals surface area contributed by atoms with Crippen molar-refractivity contribution in [3.05, 3.63) is 39.9 Å². The van der Waals surface area contributed by atoms with Crippen LogP contribution in [-0.4, -0.2) is 40.0 Å². The SMILES string of the molecule is O=C(O)CSCCNC(=O)c1ccc([N+](=O)[O-])cc1. The lowest BCUT2D eigenvalue weighted by atomic mass is 10.2. The highest BCUT2D eigenvalue weighted by Gasteiger charge is 2.08. The average molecular weight is 284 g/mol. The second-order valence-corrected chi connectivity index (χ2v) is 4.61. The smallest absolute Gasteiger partial charge is 0.313 e. The molecule has 0 unspecified atom stereocenters. The number of benzene rings is 1. The molecule has 0 radical (unpaired) electrons. The Kier molecular flexibility index (Phi) is 5.80. The third-order valence-electron chi connectivity index (χ3n) is 2.10. The number of hydrogen-bond acceptors (Lipinski definition) is 5. The quantitative estimate of drug-likeness (QED) is 0.441. The van der Waals surface area contributed by atoms with Gasteiger partial charge in [-0.3, -0.25) is 19.7 Å². The van der Waals surface area contributed by atoms with Crippen LogP contribution in [0.1, 0.15) is 10.4 Å². The van der Waals surface area contributed by atoms with E-state index in [2.05, 4.69) is 5.32 Å². The second kappa shape index (κ2) is 7.37. The van der Waals surface area contributed by atoms with Crippen molar-refractivity contribution < 1.29 is 19.6 Å². The molecule has 0 heterocycles. The van der Waals surface area contributed by atoms with Gasteiger partial charge in [0.2, 0.25) is 0 Å². The van der Waals surface area contributed by atoms with Gasteiger partial charge in [-0.05, 0) is 12.1 Å². The summed E-state index contributed by atoms with van der Waals surface area (Å²) in [5.41, 5.74) is 0.252. The van der Waals surface area contributed by atoms with Gasteiger partial charge in [-0.15, -0.1) is 11.8 Å². The number of non-ortho nitro benzene ring substituents is 1. The largest absolute Gasteiger partial charge is 0.481 e. The van der Waals surface area contributed by atoms with E-state index in [0.29, 0.717) is 17.9 Å². The van der Waals surface area contributed by atoms with Crippen molar-refractivity contribution in [3.8, 4) is 0 Å². The van der Waals surface area contributed by atoms with Crippen LogP contribution < -0.4 is 5.32 Å². The van der Waals surface area contributed by atoms with E-state index in [1.807, 2.05) is 0 Å². The van der Waals surface area contributed by atoms with Crippen molar-refractivity contribution in [3.63, 3.8) is 0 Å². The van der Waals surface area contributed by atoms with Crippen LogP contribution in [0.3, 0.4) is 0 Å². The van der Waals surface area contributed by atoms with E-state index in [9.17, 15) is 19.7 Å². The molecule has 1 amide bonds. The van der Waals surface area contributed by atoms with Crippen LogP contribution in [0.2, 0.25) is 0 Å². The summed E-state index contributed by atoms with van der Waals surface area (Å²) in [6.45, 7) is 0.341. The number of carbonyl (C=O) groups is 2. The van der Waals surface area contributed by atoms with E-state index in [0.717, 1.165) is 0 Å². The second-order valence-electron chi connectivity index (χ2n) is 3.51. The molecule has 0 aliphatic rings. The fourth-order valence-corrected chi connectivity index (χ4v) is 1.80. The summed E-state index contributed by atoms with van der Waals surface area (Å²) in [4.78, 5) is 31.8. The Morgan fingerprint density at radius 3 is 2.47 bits per heavy atom. The van der Waals surface area contributed by atoms with Crippen molar-refractivity contribution >= 4 is 29.3 Å². The fraction of sp³-hybridized carbons (Fsp3) is 0.273. The van der Waals surface area contributed by atoms with Crippen LogP contribution >= 0.6 is 11.8 Å². The molecule has 0 spiro atoms. The first kappa shape index (κ1) is 15.0. The van der Waals surface area contributed by atoms with Crippen molar-refractivity contribution in [1.29, 1.82) is 0 Å². The fourth-order valence-electron chi connectivity index (χ4n) is 1.23. The summed E-state index contributed by atoms with van der Waals surface area (Å²) in [5.74, 6) is -0.754. The van der Waals surface area contributed by atoms with Gasteiger partial charge in [0.1, 0.15) is 0 Å². The molecule has 2 N–H and O–H groups in total. The molecule has 0 saturated carbocycles. The number of amides is 1. The van der Waals surface area contributed by atoms with Crippen LogP contribution in [0, 0.1) is 10.1 Å². The molecule has 0 aliphatic heterocycles. The third-order valence-corrected chi connectivity index (χ3v) is 3.04. The Labute approximate surface area is 113 Å². The number of nitrogens with one attached hydrogen (secondary N) is 1. The minimum atomic E-state index is -0.897. The van der Waals surface area contributed by atoms with Gasteiger partial charge in [0.25, 0.3) is 11.6 Å². The highest BCUT2D eigenvalue weighted by Crippen LogP contribution is 2.11. The number of nitrogens with zero attached hydrogens (tertiary/aromatic N) is 1. The first-order valence-electron chi connectivity index (χ1n) is 5.33. The molecule has 0 aromatic heterocycles. The normalized spacial score (nSPS) is 9.89. The highest BCUT2D eigenvalue weighted by atomic mass is 32.2. The van der Waals surface area contributed by atoms with Crippen molar-refractivity contribution in [2.75, 3.05) is 18.1 Å². The molecular weight excluding hydrogens is 272 g/mol. The first-order valence-corrected chi connectivity index (χ1v) is 6.48. The molecule has 1 aromatic rings. The zero-order valence-electron chi connectivity index (χ0n) is 9.87. The average Bonchev–Trinajstić information content (AvgIpc) is 2.37. The Morgan fingerprint density at radius 1 is 1.32 bits per heavy atom. The molecule has 0 fully saturated rings. The van der Waals surface area contributed by atoms with E-state index in [-0.39, 0.29) is 17.3 Å². The molecule has 1 aromatic carbocycles. The molecule has 0 atom stereocenters. The zero-order valence-corrected chi connectivity index (χ0v) is 10.7. The Balaban J connectivity index is 2.37. The van der Waals surface area contributed by atoms with Gasteiger partial charge < -0.3 is 10.4 Å². The van der Waals surface area contributed by atoms with Gasteiger partial charge in [-0.2, -0.15) is 0 Å². The predicted molar refractivity (Wildman–Crippen MR) is 70.4 cm³/mol. The third kappa shape index (κ3) is 5.38. The number of nitro benzene ring substituents is 1. The summed E-state index contributed by atoms with van der Waals surface area (Å²) in [6, 6.07) is 5.26. The molecule has 0 aliphatic carbocycles. The van der Waals surface area contributed by atoms with Crippen LogP contribution in [0.15, 0.2) is 24.3 Å². The van der Waals surface area contributed by atoms with E-state index in [1.54, 1.807) is 0 Å². The minimum Gasteiger partial charge on any atom is -0.481 e. The maximum absolute atomic E-state index is 11.6. The first-order chi connectivity index (χ1) is 9.00. The Bertz CT molecular complexity index is 474. The number of rotatable bonds is 7. The molecular formula is C11H12N2O5S. The molecule has 8 heteroatoms. The maximum atomic E-state index is 11.6. The molecule has 19 heavy (non-hydrogen) atoms. The van der Waals surface area contributed by atoms with E-state index in [4.69, 9.17) is 5.11 Å². The molecule has 102 valence electrons.